The summed E-state index contributed by atoms with van der Waals surface area (Å²) in [5.41, 5.74) is 0.986. The fraction of sp³-hybridized carbons (Fsp3) is 0.176. The summed E-state index contributed by atoms with van der Waals surface area (Å²) in [7, 11) is 1.60. The number of amides is 1. The Bertz CT molecular complexity index is 815. The van der Waals surface area contributed by atoms with Crippen molar-refractivity contribution in [2.24, 2.45) is 0 Å². The minimum Gasteiger partial charge on any atom is -0.497 e. The molecule has 0 aliphatic rings. The second kappa shape index (κ2) is 6.50. The summed E-state index contributed by atoms with van der Waals surface area (Å²) in [4.78, 5) is 16.5. The number of fused-ring (bicyclic) bond motifs is 1. The van der Waals surface area contributed by atoms with Gasteiger partial charge in [0, 0.05) is 5.39 Å². The number of ether oxygens (including phenoxy) is 1. The predicted molar refractivity (Wildman–Crippen MR) is 84.3 cm³/mol. The van der Waals surface area contributed by atoms with E-state index in [9.17, 15) is 9.90 Å². The molecular weight excluding hydrogens is 296 g/mol. The summed E-state index contributed by atoms with van der Waals surface area (Å²) in [6, 6.07) is 12.2. The van der Waals surface area contributed by atoms with Gasteiger partial charge in [0.2, 0.25) is 0 Å². The number of carbonyl (C=O) groups is 1. The quantitative estimate of drug-likeness (QED) is 0.755. The average Bonchev–Trinajstić information content (AvgIpc) is 3.13. The topological polar surface area (TPSA) is 84.6 Å². The molecule has 0 saturated carbocycles. The number of hydrogen-bond acceptors (Lipinski definition) is 5. The van der Waals surface area contributed by atoms with Crippen LogP contribution >= 0.6 is 0 Å². The van der Waals surface area contributed by atoms with E-state index in [-0.39, 0.29) is 18.1 Å². The van der Waals surface area contributed by atoms with E-state index in [2.05, 4.69) is 10.3 Å². The molecule has 0 saturated heterocycles. The lowest BCUT2D eigenvalue weighted by atomic mass is 10.2. The first-order chi connectivity index (χ1) is 11.2. The van der Waals surface area contributed by atoms with Gasteiger partial charge in [-0.3, -0.25) is 4.79 Å². The number of hydrogen-bond donors (Lipinski definition) is 2. The molecule has 0 spiro atoms. The van der Waals surface area contributed by atoms with E-state index in [0.29, 0.717) is 11.3 Å². The van der Waals surface area contributed by atoms with Gasteiger partial charge >= 0.3 is 0 Å². The average molecular weight is 312 g/mol. The van der Waals surface area contributed by atoms with E-state index < -0.39 is 6.10 Å². The van der Waals surface area contributed by atoms with Gasteiger partial charge in [0.25, 0.3) is 5.91 Å². The Hall–Kier alpha value is -2.86. The molecule has 1 unspecified atom stereocenters. The van der Waals surface area contributed by atoms with Crippen molar-refractivity contribution in [3.63, 3.8) is 0 Å². The minimum atomic E-state index is -0.890. The van der Waals surface area contributed by atoms with Crippen LogP contribution in [0.25, 0.3) is 10.9 Å². The first-order valence-electron chi connectivity index (χ1n) is 7.12. The van der Waals surface area contributed by atoms with Gasteiger partial charge in [-0.15, -0.1) is 0 Å². The van der Waals surface area contributed by atoms with Crippen LogP contribution in [-0.4, -0.2) is 29.7 Å². The monoisotopic (exact) mass is 312 g/mol. The first kappa shape index (κ1) is 15.1. The Morgan fingerprint density at radius 1 is 1.35 bits per heavy atom. The van der Waals surface area contributed by atoms with Crippen LogP contribution in [0.15, 0.2) is 53.1 Å². The molecule has 1 aromatic carbocycles. The second-order valence-corrected chi connectivity index (χ2v) is 5.00. The second-order valence-electron chi connectivity index (χ2n) is 5.00. The number of carbonyl (C=O) groups excluding carboxylic acids is 1. The fourth-order valence-electron chi connectivity index (χ4n) is 2.22. The van der Waals surface area contributed by atoms with Gasteiger partial charge in [-0.2, -0.15) is 0 Å². The highest BCUT2D eigenvalue weighted by Crippen LogP contribution is 2.19. The lowest BCUT2D eigenvalue weighted by Gasteiger charge is -2.10. The van der Waals surface area contributed by atoms with E-state index in [1.165, 1.54) is 6.26 Å². The first-order valence-corrected chi connectivity index (χ1v) is 7.12. The normalized spacial score (nSPS) is 12.1. The number of aliphatic hydroxyl groups is 1. The number of furan rings is 1. The van der Waals surface area contributed by atoms with Crippen LogP contribution in [0, 0.1) is 0 Å². The van der Waals surface area contributed by atoms with Gasteiger partial charge in [0.15, 0.2) is 0 Å². The smallest absolute Gasteiger partial charge is 0.270 e. The molecule has 6 nitrogen and oxygen atoms in total. The molecule has 2 heterocycles. The number of pyridine rings is 1. The van der Waals surface area contributed by atoms with Gasteiger partial charge in [0.1, 0.15) is 23.3 Å². The van der Waals surface area contributed by atoms with Crippen LogP contribution in [0.5, 0.6) is 5.75 Å². The molecular formula is C17H16N2O4. The van der Waals surface area contributed by atoms with E-state index in [1.807, 2.05) is 12.1 Å². The van der Waals surface area contributed by atoms with Gasteiger partial charge in [0.05, 0.1) is 25.4 Å². The summed E-state index contributed by atoms with van der Waals surface area (Å²) < 4.78 is 10.2. The Morgan fingerprint density at radius 3 is 2.96 bits per heavy atom. The Balaban J connectivity index is 1.70. The van der Waals surface area contributed by atoms with Crippen molar-refractivity contribution >= 4 is 16.8 Å². The zero-order valence-electron chi connectivity index (χ0n) is 12.5. The maximum Gasteiger partial charge on any atom is 0.270 e. The standard InChI is InChI=1S/C17H16N2O4/c1-22-12-5-7-13-11(9-12)4-6-14(19-13)17(21)18-10-15(20)16-3-2-8-23-16/h2-9,15,20H,10H2,1H3,(H,18,21). The molecule has 23 heavy (non-hydrogen) atoms. The molecule has 0 fully saturated rings. The Labute approximate surface area is 132 Å². The number of methoxy groups -OCH3 is 1. The zero-order chi connectivity index (χ0) is 16.2. The molecule has 0 radical (unpaired) electrons. The lowest BCUT2D eigenvalue weighted by molar-refractivity contribution is 0.0896. The summed E-state index contributed by atoms with van der Waals surface area (Å²) in [6.45, 7) is 0.0503. The van der Waals surface area contributed by atoms with Crippen molar-refractivity contribution in [3.8, 4) is 5.75 Å². The maximum absolute atomic E-state index is 12.1. The molecule has 0 aliphatic heterocycles. The molecule has 2 N–H and O–H groups in total. The van der Waals surface area contributed by atoms with Crippen LogP contribution in [-0.2, 0) is 0 Å². The zero-order valence-corrected chi connectivity index (χ0v) is 12.5. The number of benzene rings is 1. The molecule has 118 valence electrons. The largest absolute Gasteiger partial charge is 0.497 e. The Morgan fingerprint density at radius 2 is 2.22 bits per heavy atom. The van der Waals surface area contributed by atoms with E-state index >= 15 is 0 Å². The number of nitrogens with one attached hydrogen (secondary N) is 1. The number of aliphatic hydroxyl groups excluding tert-OH is 1. The highest BCUT2D eigenvalue weighted by atomic mass is 16.5. The summed E-state index contributed by atoms with van der Waals surface area (Å²) in [5, 5.41) is 13.4. The Kier molecular flexibility index (Phi) is 4.25. The highest BCUT2D eigenvalue weighted by molar-refractivity contribution is 5.95. The third-order valence-electron chi connectivity index (χ3n) is 3.46. The van der Waals surface area contributed by atoms with E-state index in [0.717, 1.165) is 11.1 Å². The van der Waals surface area contributed by atoms with Crippen LogP contribution in [0.2, 0.25) is 0 Å². The molecule has 1 atom stereocenters. The molecule has 3 rings (SSSR count). The van der Waals surface area contributed by atoms with Crippen molar-refractivity contribution in [1.82, 2.24) is 10.3 Å². The fourth-order valence-corrected chi connectivity index (χ4v) is 2.22. The third-order valence-corrected chi connectivity index (χ3v) is 3.46. The number of rotatable bonds is 5. The number of nitrogens with zero attached hydrogens (tertiary/aromatic N) is 1. The SMILES string of the molecule is COc1ccc2nc(C(=O)NCC(O)c3ccco3)ccc2c1. The van der Waals surface area contributed by atoms with Crippen molar-refractivity contribution in [2.45, 2.75) is 6.10 Å². The van der Waals surface area contributed by atoms with Crippen molar-refractivity contribution in [1.29, 1.82) is 0 Å². The van der Waals surface area contributed by atoms with Gasteiger partial charge in [-0.1, -0.05) is 6.07 Å². The molecule has 2 aromatic heterocycles. The van der Waals surface area contributed by atoms with Crippen molar-refractivity contribution < 1.29 is 19.1 Å². The predicted octanol–water partition coefficient (Wildman–Crippen LogP) is 2.30. The maximum atomic E-state index is 12.1. The van der Waals surface area contributed by atoms with Crippen LogP contribution in [0.3, 0.4) is 0 Å². The molecule has 0 bridgehead atoms. The summed E-state index contributed by atoms with van der Waals surface area (Å²) in [5.74, 6) is 0.787. The van der Waals surface area contributed by atoms with Gasteiger partial charge < -0.3 is 19.6 Å². The van der Waals surface area contributed by atoms with Crippen molar-refractivity contribution in [2.75, 3.05) is 13.7 Å². The molecule has 1 amide bonds. The van der Waals surface area contributed by atoms with E-state index in [4.69, 9.17) is 9.15 Å². The highest BCUT2D eigenvalue weighted by Gasteiger charge is 2.14. The minimum absolute atomic E-state index is 0.0503. The van der Waals surface area contributed by atoms with E-state index in [1.54, 1.807) is 37.4 Å². The van der Waals surface area contributed by atoms with Gasteiger partial charge in [-0.25, -0.2) is 4.98 Å². The van der Waals surface area contributed by atoms with Crippen LogP contribution in [0.1, 0.15) is 22.4 Å². The number of aromatic nitrogens is 1. The van der Waals surface area contributed by atoms with Crippen molar-refractivity contribution in [3.05, 3.63) is 60.2 Å². The molecule has 0 aliphatic carbocycles. The van der Waals surface area contributed by atoms with Crippen LogP contribution < -0.4 is 10.1 Å². The third kappa shape index (κ3) is 3.32. The lowest BCUT2D eigenvalue weighted by Crippen LogP contribution is -2.28. The molecule has 6 heteroatoms. The van der Waals surface area contributed by atoms with Gasteiger partial charge in [-0.05, 0) is 36.4 Å². The summed E-state index contributed by atoms with van der Waals surface area (Å²) in [6.07, 6.45) is 0.582. The molecule has 3 aromatic rings. The van der Waals surface area contributed by atoms with Crippen LogP contribution in [0.4, 0.5) is 0 Å². The summed E-state index contributed by atoms with van der Waals surface area (Å²) >= 11 is 0.